The van der Waals surface area contributed by atoms with Crippen LogP contribution in [0.5, 0.6) is 5.75 Å². The van der Waals surface area contributed by atoms with Crippen LogP contribution in [0.2, 0.25) is 0 Å². The highest BCUT2D eigenvalue weighted by Crippen LogP contribution is 2.21. The molecule has 0 saturated heterocycles. The Morgan fingerprint density at radius 1 is 1.21 bits per heavy atom. The first-order chi connectivity index (χ1) is 13.9. The smallest absolute Gasteiger partial charge is 0.336 e. The Hall–Kier alpha value is -3.61. The number of carbonyl (C=O) groups is 1. The third-order valence-electron chi connectivity index (χ3n) is 4.89. The molecule has 2 heterocycles. The summed E-state index contributed by atoms with van der Waals surface area (Å²) in [5.74, 6) is 1.08. The van der Waals surface area contributed by atoms with Crippen LogP contribution in [0, 0.1) is 0 Å². The van der Waals surface area contributed by atoms with Gasteiger partial charge in [-0.05, 0) is 37.3 Å². The molecule has 0 aliphatic rings. The Balaban J connectivity index is 1.48. The van der Waals surface area contributed by atoms with Crippen LogP contribution in [0.1, 0.15) is 12.7 Å². The van der Waals surface area contributed by atoms with Gasteiger partial charge in [0.2, 0.25) is 0 Å². The van der Waals surface area contributed by atoms with Gasteiger partial charge >= 0.3 is 5.63 Å². The van der Waals surface area contributed by atoms with Gasteiger partial charge in [0.05, 0.1) is 17.6 Å². The van der Waals surface area contributed by atoms with Crippen molar-refractivity contribution in [3.8, 4) is 5.75 Å². The van der Waals surface area contributed by atoms with E-state index in [9.17, 15) is 9.59 Å². The van der Waals surface area contributed by atoms with Gasteiger partial charge in [0, 0.05) is 31.6 Å². The number of benzene rings is 2. The molecular weight excluding hydrogens is 370 g/mol. The maximum absolute atomic E-state index is 12.8. The zero-order valence-corrected chi connectivity index (χ0v) is 16.5. The number of ether oxygens (including phenoxy) is 1. The molecule has 2 aromatic heterocycles. The number of fused-ring (bicyclic) bond motifs is 2. The first-order valence-electron chi connectivity index (χ1n) is 9.28. The van der Waals surface area contributed by atoms with Crippen LogP contribution in [0.25, 0.3) is 22.0 Å². The molecule has 0 bridgehead atoms. The molecule has 1 amide bonds. The summed E-state index contributed by atoms with van der Waals surface area (Å²) in [7, 11) is 3.66. The van der Waals surface area contributed by atoms with Crippen molar-refractivity contribution >= 4 is 27.9 Å². The Labute approximate surface area is 167 Å². The first-order valence-corrected chi connectivity index (χ1v) is 9.28. The van der Waals surface area contributed by atoms with Gasteiger partial charge in [0.15, 0.2) is 6.10 Å². The predicted molar refractivity (Wildman–Crippen MR) is 110 cm³/mol. The van der Waals surface area contributed by atoms with E-state index in [0.29, 0.717) is 17.9 Å². The number of hydrogen-bond donors (Lipinski definition) is 0. The molecule has 0 radical (unpaired) electrons. The Morgan fingerprint density at radius 3 is 2.76 bits per heavy atom. The van der Waals surface area contributed by atoms with Crippen LogP contribution in [0.4, 0.5) is 0 Å². The molecule has 2 aromatic carbocycles. The molecule has 148 valence electrons. The van der Waals surface area contributed by atoms with Crippen LogP contribution in [0.3, 0.4) is 0 Å². The Bertz CT molecular complexity index is 1260. The lowest BCUT2D eigenvalue weighted by molar-refractivity contribution is -0.137. The van der Waals surface area contributed by atoms with E-state index in [2.05, 4.69) is 4.98 Å². The van der Waals surface area contributed by atoms with E-state index in [4.69, 9.17) is 9.15 Å². The Morgan fingerprint density at radius 2 is 1.97 bits per heavy atom. The van der Waals surface area contributed by atoms with Gasteiger partial charge in [-0.2, -0.15) is 0 Å². The highest BCUT2D eigenvalue weighted by Gasteiger charge is 2.21. The van der Waals surface area contributed by atoms with Crippen molar-refractivity contribution in [1.82, 2.24) is 14.5 Å². The summed E-state index contributed by atoms with van der Waals surface area (Å²) >= 11 is 0. The fourth-order valence-electron chi connectivity index (χ4n) is 3.31. The van der Waals surface area contributed by atoms with E-state index in [1.807, 2.05) is 35.9 Å². The zero-order valence-electron chi connectivity index (χ0n) is 16.5. The maximum Gasteiger partial charge on any atom is 0.336 e. The highest BCUT2D eigenvalue weighted by atomic mass is 16.5. The minimum Gasteiger partial charge on any atom is -0.481 e. The molecule has 4 rings (SSSR count). The first kappa shape index (κ1) is 18.7. The summed E-state index contributed by atoms with van der Waals surface area (Å²) in [4.78, 5) is 30.4. The lowest BCUT2D eigenvalue weighted by Crippen LogP contribution is -2.38. The van der Waals surface area contributed by atoms with Crippen molar-refractivity contribution in [2.45, 2.75) is 19.6 Å². The third-order valence-corrected chi connectivity index (χ3v) is 4.89. The van der Waals surface area contributed by atoms with Crippen molar-refractivity contribution in [3.63, 3.8) is 0 Å². The topological polar surface area (TPSA) is 77.6 Å². The Kier molecular flexibility index (Phi) is 4.80. The van der Waals surface area contributed by atoms with Crippen LogP contribution < -0.4 is 10.4 Å². The summed E-state index contributed by atoms with van der Waals surface area (Å²) in [5, 5.41) is 0.787. The van der Waals surface area contributed by atoms with Gasteiger partial charge in [0.1, 0.15) is 17.2 Å². The average Bonchev–Trinajstić information content (AvgIpc) is 3.02. The van der Waals surface area contributed by atoms with Crippen molar-refractivity contribution in [2.75, 3.05) is 7.05 Å². The quantitative estimate of drug-likeness (QED) is 0.489. The van der Waals surface area contributed by atoms with Crippen LogP contribution in [0.15, 0.2) is 63.8 Å². The lowest BCUT2D eigenvalue weighted by atomic mass is 10.2. The molecule has 1 atom stereocenters. The second-order valence-electron chi connectivity index (χ2n) is 6.98. The molecule has 1 unspecified atom stereocenters. The second-order valence-corrected chi connectivity index (χ2v) is 6.98. The van der Waals surface area contributed by atoms with Gasteiger partial charge in [-0.15, -0.1) is 0 Å². The normalized spacial score (nSPS) is 12.2. The number of nitrogens with zero attached hydrogens (tertiary/aromatic N) is 3. The second kappa shape index (κ2) is 7.43. The van der Waals surface area contributed by atoms with Crippen LogP contribution >= 0.6 is 0 Å². The zero-order chi connectivity index (χ0) is 20.5. The molecule has 7 heteroatoms. The minimum absolute atomic E-state index is 0.174. The monoisotopic (exact) mass is 391 g/mol. The van der Waals surface area contributed by atoms with Crippen molar-refractivity contribution < 1.29 is 13.9 Å². The van der Waals surface area contributed by atoms with Crippen LogP contribution in [-0.4, -0.2) is 33.5 Å². The van der Waals surface area contributed by atoms with Crippen molar-refractivity contribution in [1.29, 1.82) is 0 Å². The van der Waals surface area contributed by atoms with Crippen molar-refractivity contribution in [3.05, 3.63) is 70.8 Å². The van der Waals surface area contributed by atoms with E-state index in [1.54, 1.807) is 43.1 Å². The number of aromatic nitrogens is 2. The third kappa shape index (κ3) is 3.71. The van der Waals surface area contributed by atoms with Crippen molar-refractivity contribution in [2.24, 2.45) is 7.05 Å². The number of hydrogen-bond acceptors (Lipinski definition) is 5. The molecule has 0 aliphatic heterocycles. The molecule has 29 heavy (non-hydrogen) atoms. The molecule has 0 saturated carbocycles. The molecule has 7 nitrogen and oxygen atoms in total. The summed E-state index contributed by atoms with van der Waals surface area (Å²) in [6.07, 6.45) is -0.706. The van der Waals surface area contributed by atoms with Gasteiger partial charge in [-0.1, -0.05) is 12.1 Å². The maximum atomic E-state index is 12.8. The number of rotatable bonds is 5. The van der Waals surface area contributed by atoms with E-state index in [1.165, 1.54) is 6.07 Å². The van der Waals surface area contributed by atoms with Crippen LogP contribution in [-0.2, 0) is 18.4 Å². The van der Waals surface area contributed by atoms with Gasteiger partial charge in [0.25, 0.3) is 5.91 Å². The highest BCUT2D eigenvalue weighted by molar-refractivity contribution is 5.82. The number of likely N-dealkylation sites (N-methyl/N-ethyl adjacent to an activating group) is 1. The molecule has 0 fully saturated rings. The fourth-order valence-corrected chi connectivity index (χ4v) is 3.31. The molecule has 0 spiro atoms. The average molecular weight is 391 g/mol. The minimum atomic E-state index is -0.706. The number of aryl methyl sites for hydroxylation is 1. The number of para-hydroxylation sites is 2. The number of carbonyl (C=O) groups excluding carboxylic acids is 1. The largest absolute Gasteiger partial charge is 0.481 e. The van der Waals surface area contributed by atoms with Gasteiger partial charge in [-0.3, -0.25) is 4.79 Å². The molecule has 0 aliphatic carbocycles. The lowest BCUT2D eigenvalue weighted by Gasteiger charge is -2.22. The fraction of sp³-hybridized carbons (Fsp3) is 0.227. The standard InChI is InChI=1S/C22H21N3O4/c1-14(28-16-10-8-15-9-11-21(26)29-19(15)12-16)22(27)24(2)13-20-23-17-6-4-5-7-18(17)25(20)3/h4-12,14H,13H2,1-3H3. The summed E-state index contributed by atoms with van der Waals surface area (Å²) in [5.41, 5.74) is 1.90. The molecular formula is C22H21N3O4. The molecule has 4 aromatic rings. The number of amides is 1. The summed E-state index contributed by atoms with van der Waals surface area (Å²) < 4.78 is 12.9. The van der Waals surface area contributed by atoms with E-state index >= 15 is 0 Å². The summed E-state index contributed by atoms with van der Waals surface area (Å²) in [6.45, 7) is 2.06. The van der Waals surface area contributed by atoms with Gasteiger partial charge < -0.3 is 18.6 Å². The van der Waals surface area contributed by atoms with Gasteiger partial charge in [-0.25, -0.2) is 9.78 Å². The van der Waals surface area contributed by atoms with E-state index in [-0.39, 0.29) is 5.91 Å². The number of imidazole rings is 1. The van der Waals surface area contributed by atoms with E-state index in [0.717, 1.165) is 22.2 Å². The summed E-state index contributed by atoms with van der Waals surface area (Å²) in [6, 6.07) is 16.1. The molecule has 0 N–H and O–H groups in total. The predicted octanol–water partition coefficient (Wildman–Crippen LogP) is 3.11. The van der Waals surface area contributed by atoms with E-state index < -0.39 is 11.7 Å². The SMILES string of the molecule is CC(Oc1ccc2ccc(=O)oc2c1)C(=O)N(C)Cc1nc2ccccc2n1C.